The van der Waals surface area contributed by atoms with E-state index in [4.69, 9.17) is 13.9 Å². The highest BCUT2D eigenvalue weighted by atomic mass is 79.9. The number of allylic oxidation sites excluding steroid dienone is 1. The molecule has 0 unspecified atom stereocenters. The van der Waals surface area contributed by atoms with Crippen LogP contribution in [0.5, 0.6) is 11.5 Å². The quantitative estimate of drug-likeness (QED) is 0.449. The molecule has 2 N–H and O–H groups in total. The van der Waals surface area contributed by atoms with Gasteiger partial charge < -0.3 is 13.9 Å². The minimum absolute atomic E-state index is 0.196. The Morgan fingerprint density at radius 1 is 1.36 bits per heavy atom. The van der Waals surface area contributed by atoms with Gasteiger partial charge in [0, 0.05) is 10.2 Å². The van der Waals surface area contributed by atoms with Crippen LogP contribution in [0.4, 0.5) is 0 Å². The minimum atomic E-state index is -0.371. The van der Waals surface area contributed by atoms with Crippen LogP contribution in [0.25, 0.3) is 6.08 Å². The number of benzene rings is 1. The molecule has 0 bridgehead atoms. The van der Waals surface area contributed by atoms with E-state index in [0.29, 0.717) is 27.4 Å². The normalized spacial score (nSPS) is 10.5. The molecule has 0 aliphatic rings. The second-order valence-corrected chi connectivity index (χ2v) is 6.52. The van der Waals surface area contributed by atoms with Gasteiger partial charge in [-0.05, 0) is 52.3 Å². The van der Waals surface area contributed by atoms with Crippen molar-refractivity contribution in [3.8, 4) is 11.5 Å². The number of carbonyl (C=O) groups excluding carboxylic acids is 1. The van der Waals surface area contributed by atoms with E-state index in [2.05, 4.69) is 49.3 Å². The molecule has 1 amide bonds. The molecule has 0 radical (unpaired) electrons. The molecule has 25 heavy (non-hydrogen) atoms. The predicted molar refractivity (Wildman–Crippen MR) is 102 cm³/mol. The average molecular weight is 472 g/mol. The van der Waals surface area contributed by atoms with E-state index in [1.165, 1.54) is 7.11 Å². The van der Waals surface area contributed by atoms with Gasteiger partial charge in [0.05, 0.1) is 17.8 Å². The molecule has 0 fully saturated rings. The Kier molecular flexibility index (Phi) is 7.15. The van der Waals surface area contributed by atoms with Gasteiger partial charge in [-0.1, -0.05) is 22.5 Å². The summed E-state index contributed by atoms with van der Waals surface area (Å²) in [6.45, 7) is 3.57. The van der Waals surface area contributed by atoms with E-state index in [9.17, 15) is 4.79 Å². The summed E-state index contributed by atoms with van der Waals surface area (Å²) >= 11 is 6.74. The predicted octanol–water partition coefficient (Wildman–Crippen LogP) is 4.04. The monoisotopic (exact) mass is 470 g/mol. The molecule has 0 aliphatic carbocycles. The number of hydrazine groups is 1. The van der Waals surface area contributed by atoms with Crippen molar-refractivity contribution in [3.05, 3.63) is 63.6 Å². The van der Waals surface area contributed by atoms with Crippen LogP contribution < -0.4 is 20.3 Å². The van der Waals surface area contributed by atoms with Crippen LogP contribution in [0.15, 0.2) is 62.2 Å². The summed E-state index contributed by atoms with van der Waals surface area (Å²) in [5.74, 6) is 1.26. The molecule has 6 nitrogen and oxygen atoms in total. The first-order valence-corrected chi connectivity index (χ1v) is 8.69. The van der Waals surface area contributed by atoms with Crippen LogP contribution in [0.1, 0.15) is 5.76 Å². The number of rotatable bonds is 8. The summed E-state index contributed by atoms with van der Waals surface area (Å²) in [5, 5.41) is 0. The molecule has 132 valence electrons. The highest BCUT2D eigenvalue weighted by molar-refractivity contribution is 9.11. The van der Waals surface area contributed by atoms with E-state index >= 15 is 0 Å². The largest absolute Gasteiger partial charge is 0.493 e. The van der Waals surface area contributed by atoms with Gasteiger partial charge in [0.2, 0.25) is 0 Å². The van der Waals surface area contributed by atoms with Crippen molar-refractivity contribution < 1.29 is 18.7 Å². The average Bonchev–Trinajstić information content (AvgIpc) is 3.10. The zero-order valence-electron chi connectivity index (χ0n) is 13.3. The molecule has 1 aromatic heterocycles. The fourth-order valence-electron chi connectivity index (χ4n) is 1.76. The molecule has 2 aromatic rings. The third-order valence-electron chi connectivity index (χ3n) is 2.90. The first kappa shape index (κ1) is 19.1. The first-order chi connectivity index (χ1) is 12.0. The van der Waals surface area contributed by atoms with Crippen LogP contribution in [-0.4, -0.2) is 19.6 Å². The second-order valence-electron chi connectivity index (χ2n) is 4.75. The van der Waals surface area contributed by atoms with Gasteiger partial charge in [-0.2, -0.15) is 0 Å². The SMILES string of the molecule is C=C(C=Cc1ccco1)NNC(=O)COc1c(Br)cc(Br)cc1OC. The van der Waals surface area contributed by atoms with Crippen molar-refractivity contribution in [2.24, 2.45) is 0 Å². The third kappa shape index (κ3) is 5.99. The van der Waals surface area contributed by atoms with E-state index in [1.807, 2.05) is 0 Å². The van der Waals surface area contributed by atoms with E-state index in [-0.39, 0.29) is 12.5 Å². The van der Waals surface area contributed by atoms with Crippen LogP contribution in [0.3, 0.4) is 0 Å². The van der Waals surface area contributed by atoms with Crippen LogP contribution >= 0.6 is 31.9 Å². The number of amides is 1. The maximum Gasteiger partial charge on any atom is 0.276 e. The highest BCUT2D eigenvalue weighted by Gasteiger charge is 2.12. The number of ether oxygens (including phenoxy) is 2. The number of methoxy groups -OCH3 is 1. The van der Waals surface area contributed by atoms with Crippen LogP contribution in [-0.2, 0) is 4.79 Å². The standard InChI is InChI=1S/C17H16Br2N2O4/c1-11(5-6-13-4-3-7-24-13)20-21-16(22)10-25-17-14(19)8-12(18)9-15(17)23-2/h3-9,20H,1,10H2,2H3,(H,21,22). The topological polar surface area (TPSA) is 72.7 Å². The van der Waals surface area contributed by atoms with Gasteiger partial charge in [0.25, 0.3) is 5.91 Å². The van der Waals surface area contributed by atoms with Gasteiger partial charge in [-0.3, -0.25) is 15.6 Å². The summed E-state index contributed by atoms with van der Waals surface area (Å²) in [6.07, 6.45) is 4.97. The Labute approximate surface area is 162 Å². The highest BCUT2D eigenvalue weighted by Crippen LogP contribution is 2.38. The molecule has 8 heteroatoms. The van der Waals surface area contributed by atoms with Crippen molar-refractivity contribution in [3.63, 3.8) is 0 Å². The molecular formula is C17H16Br2N2O4. The summed E-state index contributed by atoms with van der Waals surface area (Å²) in [4.78, 5) is 11.9. The number of halogens is 2. The Hall–Kier alpha value is -2.19. The summed E-state index contributed by atoms with van der Waals surface area (Å²) < 4.78 is 17.4. The van der Waals surface area contributed by atoms with Gasteiger partial charge in [0.15, 0.2) is 18.1 Å². The minimum Gasteiger partial charge on any atom is -0.493 e. The molecular weight excluding hydrogens is 456 g/mol. The molecule has 0 spiro atoms. The number of nitrogens with one attached hydrogen (secondary N) is 2. The number of furan rings is 1. The maximum atomic E-state index is 11.9. The van der Waals surface area contributed by atoms with Gasteiger partial charge in [-0.15, -0.1) is 0 Å². The first-order valence-electron chi connectivity index (χ1n) is 7.10. The lowest BCUT2D eigenvalue weighted by molar-refractivity contribution is -0.123. The number of hydrogen-bond donors (Lipinski definition) is 2. The summed E-state index contributed by atoms with van der Waals surface area (Å²) in [5.41, 5.74) is 5.66. The maximum absolute atomic E-state index is 11.9. The molecule has 0 saturated heterocycles. The van der Waals surface area contributed by atoms with Crippen LogP contribution in [0, 0.1) is 0 Å². The van der Waals surface area contributed by atoms with Gasteiger partial charge in [0.1, 0.15) is 5.76 Å². The molecule has 0 atom stereocenters. The van der Waals surface area contributed by atoms with Crippen molar-refractivity contribution >= 4 is 43.8 Å². The fourth-order valence-corrected chi connectivity index (χ4v) is 3.06. The van der Waals surface area contributed by atoms with E-state index < -0.39 is 0 Å². The van der Waals surface area contributed by atoms with Gasteiger partial charge in [-0.25, -0.2) is 0 Å². The Morgan fingerprint density at radius 2 is 2.16 bits per heavy atom. The molecule has 0 aliphatic heterocycles. The summed E-state index contributed by atoms with van der Waals surface area (Å²) in [6, 6.07) is 7.13. The van der Waals surface area contributed by atoms with Crippen molar-refractivity contribution in [1.82, 2.24) is 10.9 Å². The Morgan fingerprint density at radius 3 is 2.84 bits per heavy atom. The van der Waals surface area contributed by atoms with Crippen molar-refractivity contribution in [2.75, 3.05) is 13.7 Å². The second kappa shape index (κ2) is 9.33. The Bertz CT molecular complexity index is 773. The van der Waals surface area contributed by atoms with Crippen molar-refractivity contribution in [1.29, 1.82) is 0 Å². The number of hydrogen-bond acceptors (Lipinski definition) is 5. The smallest absolute Gasteiger partial charge is 0.276 e. The summed E-state index contributed by atoms with van der Waals surface area (Å²) in [7, 11) is 1.53. The molecule has 0 saturated carbocycles. The van der Waals surface area contributed by atoms with Crippen molar-refractivity contribution in [2.45, 2.75) is 0 Å². The zero-order chi connectivity index (χ0) is 18.2. The lowest BCUT2D eigenvalue weighted by Crippen LogP contribution is -2.39. The van der Waals surface area contributed by atoms with Gasteiger partial charge >= 0.3 is 0 Å². The lowest BCUT2D eigenvalue weighted by Gasteiger charge is -2.13. The van der Waals surface area contributed by atoms with Crippen LogP contribution in [0.2, 0.25) is 0 Å². The zero-order valence-corrected chi connectivity index (χ0v) is 16.5. The molecule has 2 rings (SSSR count). The molecule has 1 heterocycles. The Balaban J connectivity index is 1.82. The third-order valence-corrected chi connectivity index (χ3v) is 3.94. The lowest BCUT2D eigenvalue weighted by atomic mass is 10.3. The van der Waals surface area contributed by atoms with E-state index in [1.54, 1.807) is 42.7 Å². The fraction of sp³-hybridized carbons (Fsp3) is 0.118. The molecule has 1 aromatic carbocycles. The van der Waals surface area contributed by atoms with E-state index in [0.717, 1.165) is 4.47 Å². The number of carbonyl (C=O) groups is 1.